The largest absolute Gasteiger partial charge is 0.493 e. The van der Waals surface area contributed by atoms with Crippen molar-refractivity contribution in [3.63, 3.8) is 0 Å². The van der Waals surface area contributed by atoms with Gasteiger partial charge in [-0.2, -0.15) is 0 Å². The summed E-state index contributed by atoms with van der Waals surface area (Å²) in [6.45, 7) is 0. The van der Waals surface area contributed by atoms with E-state index in [1.54, 1.807) is 20.3 Å². The highest BCUT2D eigenvalue weighted by molar-refractivity contribution is 7.17. The van der Waals surface area contributed by atoms with Gasteiger partial charge in [0.15, 0.2) is 17.3 Å². The van der Waals surface area contributed by atoms with Gasteiger partial charge in [-0.05, 0) is 25.0 Å². The number of carbonyl (C=O) groups excluding carboxylic acids is 1. The zero-order valence-electron chi connectivity index (χ0n) is 11.7. The van der Waals surface area contributed by atoms with Crippen LogP contribution in [0.3, 0.4) is 0 Å². The van der Waals surface area contributed by atoms with Crippen molar-refractivity contribution in [3.05, 3.63) is 27.7 Å². The normalized spacial score (nSPS) is 14.0. The van der Waals surface area contributed by atoms with Crippen molar-refractivity contribution in [2.75, 3.05) is 14.2 Å². The molecular formula is C15H14ClNO3S. The number of rotatable bonds is 3. The number of thiazole rings is 1. The van der Waals surface area contributed by atoms with E-state index >= 15 is 0 Å². The van der Waals surface area contributed by atoms with Crippen molar-refractivity contribution >= 4 is 28.7 Å². The minimum Gasteiger partial charge on any atom is -0.493 e. The van der Waals surface area contributed by atoms with E-state index in [2.05, 4.69) is 4.98 Å². The summed E-state index contributed by atoms with van der Waals surface area (Å²) in [7, 11) is 3.11. The summed E-state index contributed by atoms with van der Waals surface area (Å²) in [6, 6.07) is 3.62. The molecule has 0 unspecified atom stereocenters. The van der Waals surface area contributed by atoms with Crippen LogP contribution in [-0.4, -0.2) is 25.0 Å². The first-order chi connectivity index (χ1) is 10.1. The Bertz CT molecular complexity index is 711. The molecule has 4 nitrogen and oxygen atoms in total. The van der Waals surface area contributed by atoms with Crippen LogP contribution in [0.1, 0.15) is 28.2 Å². The van der Waals surface area contributed by atoms with Gasteiger partial charge in [0.2, 0.25) is 0 Å². The number of halogens is 1. The Kier molecular flexibility index (Phi) is 3.87. The van der Waals surface area contributed by atoms with E-state index in [1.165, 1.54) is 11.3 Å². The summed E-state index contributed by atoms with van der Waals surface area (Å²) in [5.41, 5.74) is 1.74. The molecule has 1 aliphatic carbocycles. The standard InChI is InChI=1S/C15H14ClNO3S/c1-19-12-7-8(6-9(16)13(12)20-2)15-17-10-4-3-5-11(18)14(10)21-15/h6-7H,3-5H2,1-2H3. The number of hydrogen-bond acceptors (Lipinski definition) is 5. The fourth-order valence-corrected chi connectivity index (χ4v) is 3.79. The number of aryl methyl sites for hydroxylation is 1. The van der Waals surface area contributed by atoms with E-state index in [1.807, 2.05) is 6.07 Å². The van der Waals surface area contributed by atoms with Crippen molar-refractivity contribution in [2.24, 2.45) is 0 Å². The van der Waals surface area contributed by atoms with Gasteiger partial charge in [0.05, 0.1) is 29.8 Å². The van der Waals surface area contributed by atoms with Crippen LogP contribution in [-0.2, 0) is 6.42 Å². The number of hydrogen-bond donors (Lipinski definition) is 0. The number of benzene rings is 1. The lowest BCUT2D eigenvalue weighted by atomic mass is 10.0. The average Bonchev–Trinajstić information content (AvgIpc) is 2.92. The summed E-state index contributed by atoms with van der Waals surface area (Å²) < 4.78 is 10.5. The molecular weight excluding hydrogens is 310 g/mol. The van der Waals surface area contributed by atoms with Gasteiger partial charge in [-0.15, -0.1) is 11.3 Å². The predicted octanol–water partition coefficient (Wildman–Crippen LogP) is 4.00. The molecule has 110 valence electrons. The van der Waals surface area contributed by atoms with Crippen molar-refractivity contribution < 1.29 is 14.3 Å². The first-order valence-corrected chi connectivity index (χ1v) is 7.78. The second-order valence-electron chi connectivity index (χ2n) is 4.77. The lowest BCUT2D eigenvalue weighted by molar-refractivity contribution is 0.0976. The van der Waals surface area contributed by atoms with Crippen molar-refractivity contribution in [2.45, 2.75) is 19.3 Å². The van der Waals surface area contributed by atoms with Gasteiger partial charge in [0.1, 0.15) is 5.01 Å². The highest BCUT2D eigenvalue weighted by atomic mass is 35.5. The van der Waals surface area contributed by atoms with Crippen LogP contribution in [0.4, 0.5) is 0 Å². The summed E-state index contributed by atoms with van der Waals surface area (Å²) in [5.74, 6) is 1.24. The fourth-order valence-electron chi connectivity index (χ4n) is 2.43. The second-order valence-corrected chi connectivity index (χ2v) is 6.17. The van der Waals surface area contributed by atoms with Crippen LogP contribution < -0.4 is 9.47 Å². The molecule has 2 aromatic rings. The van der Waals surface area contributed by atoms with Gasteiger partial charge in [-0.1, -0.05) is 11.6 Å². The van der Waals surface area contributed by atoms with E-state index in [9.17, 15) is 4.79 Å². The molecule has 1 aliphatic rings. The minimum absolute atomic E-state index is 0.187. The smallest absolute Gasteiger partial charge is 0.179 e. The predicted molar refractivity (Wildman–Crippen MR) is 82.9 cm³/mol. The number of fused-ring (bicyclic) bond motifs is 1. The molecule has 1 aromatic heterocycles. The van der Waals surface area contributed by atoms with Crippen molar-refractivity contribution in [3.8, 4) is 22.1 Å². The maximum absolute atomic E-state index is 11.9. The van der Waals surface area contributed by atoms with Gasteiger partial charge in [-0.3, -0.25) is 4.79 Å². The van der Waals surface area contributed by atoms with Crippen LogP contribution >= 0.6 is 22.9 Å². The van der Waals surface area contributed by atoms with Crippen molar-refractivity contribution in [1.29, 1.82) is 0 Å². The Morgan fingerprint density at radius 3 is 2.71 bits per heavy atom. The first kappa shape index (κ1) is 14.4. The van der Waals surface area contributed by atoms with Gasteiger partial charge < -0.3 is 9.47 Å². The molecule has 0 bridgehead atoms. The maximum Gasteiger partial charge on any atom is 0.179 e. The fraction of sp³-hybridized carbons (Fsp3) is 0.333. The van der Waals surface area contributed by atoms with Crippen LogP contribution in [0.2, 0.25) is 5.02 Å². The van der Waals surface area contributed by atoms with Crippen LogP contribution in [0.25, 0.3) is 10.6 Å². The summed E-state index contributed by atoms with van der Waals surface area (Å²) >= 11 is 7.65. The van der Waals surface area contributed by atoms with E-state index in [4.69, 9.17) is 21.1 Å². The second kappa shape index (κ2) is 5.66. The van der Waals surface area contributed by atoms with E-state index in [0.29, 0.717) is 22.9 Å². The molecule has 0 atom stereocenters. The third-order valence-electron chi connectivity index (χ3n) is 3.45. The Labute approximate surface area is 131 Å². The van der Waals surface area contributed by atoms with Crippen LogP contribution in [0, 0.1) is 0 Å². The Hall–Kier alpha value is -1.59. The SMILES string of the molecule is COc1cc(-c2nc3c(s2)C(=O)CCC3)cc(Cl)c1OC. The number of carbonyl (C=O) groups is 1. The molecule has 1 heterocycles. The lowest BCUT2D eigenvalue weighted by Gasteiger charge is -2.10. The number of aromatic nitrogens is 1. The Morgan fingerprint density at radius 1 is 1.24 bits per heavy atom. The molecule has 0 fully saturated rings. The third-order valence-corrected chi connectivity index (χ3v) is 4.92. The first-order valence-electron chi connectivity index (χ1n) is 6.59. The summed E-state index contributed by atoms with van der Waals surface area (Å²) in [5, 5.41) is 1.25. The number of methoxy groups -OCH3 is 2. The number of nitrogens with zero attached hydrogens (tertiary/aromatic N) is 1. The zero-order valence-corrected chi connectivity index (χ0v) is 13.3. The monoisotopic (exact) mass is 323 g/mol. The van der Waals surface area contributed by atoms with Gasteiger partial charge >= 0.3 is 0 Å². The highest BCUT2D eigenvalue weighted by Crippen LogP contribution is 2.41. The third kappa shape index (κ3) is 2.51. The molecule has 0 spiro atoms. The van der Waals surface area contributed by atoms with Gasteiger partial charge in [0, 0.05) is 12.0 Å². The quantitative estimate of drug-likeness (QED) is 0.856. The molecule has 0 radical (unpaired) electrons. The molecule has 0 N–H and O–H groups in total. The topological polar surface area (TPSA) is 48.4 Å². The molecule has 0 saturated heterocycles. The lowest BCUT2D eigenvalue weighted by Crippen LogP contribution is -2.07. The van der Waals surface area contributed by atoms with E-state index < -0.39 is 0 Å². The molecule has 21 heavy (non-hydrogen) atoms. The molecule has 0 aliphatic heterocycles. The number of ketones is 1. The molecule has 0 saturated carbocycles. The molecule has 3 rings (SSSR count). The molecule has 1 aromatic carbocycles. The van der Waals surface area contributed by atoms with E-state index in [-0.39, 0.29) is 5.78 Å². The van der Waals surface area contributed by atoms with Crippen molar-refractivity contribution in [1.82, 2.24) is 4.98 Å². The average molecular weight is 324 g/mol. The maximum atomic E-state index is 11.9. The minimum atomic E-state index is 0.187. The highest BCUT2D eigenvalue weighted by Gasteiger charge is 2.23. The van der Waals surface area contributed by atoms with Gasteiger partial charge in [0.25, 0.3) is 0 Å². The molecule has 6 heteroatoms. The van der Waals surface area contributed by atoms with E-state index in [0.717, 1.165) is 34.0 Å². The number of ether oxygens (including phenoxy) is 2. The summed E-state index contributed by atoms with van der Waals surface area (Å²) in [4.78, 5) is 17.3. The summed E-state index contributed by atoms with van der Waals surface area (Å²) in [6.07, 6.45) is 2.35. The molecule has 0 amide bonds. The van der Waals surface area contributed by atoms with Gasteiger partial charge in [-0.25, -0.2) is 4.98 Å². The van der Waals surface area contributed by atoms with Crippen LogP contribution in [0.5, 0.6) is 11.5 Å². The Balaban J connectivity index is 2.09. The van der Waals surface area contributed by atoms with Crippen LogP contribution in [0.15, 0.2) is 12.1 Å². The Morgan fingerprint density at radius 2 is 2.05 bits per heavy atom. The number of Topliss-reactive ketones (excluding diaryl/α,β-unsaturated/α-hetero) is 1. The zero-order chi connectivity index (χ0) is 15.0.